The molecule has 0 rings (SSSR count). The van der Waals surface area contributed by atoms with E-state index in [2.05, 4.69) is 13.8 Å². The smallest absolute Gasteiger partial charge is 0 e. The Morgan fingerprint density at radius 2 is 0.692 bits per heavy atom. The van der Waals surface area contributed by atoms with E-state index in [1.807, 2.05) is 0 Å². The van der Waals surface area contributed by atoms with Crippen molar-refractivity contribution in [3.05, 3.63) is 0 Å². The van der Waals surface area contributed by atoms with Gasteiger partial charge in [0.2, 0.25) is 0 Å². The van der Waals surface area contributed by atoms with Crippen LogP contribution in [-0.2, 0) is 0 Å². The number of hydrogen-bond acceptors (Lipinski definition) is 0. The summed E-state index contributed by atoms with van der Waals surface area (Å²) < 4.78 is 0. The van der Waals surface area contributed by atoms with E-state index in [1.165, 1.54) is 64.2 Å². The molecule has 0 N–H and O–H groups in total. The first-order valence-electron chi connectivity index (χ1n) is 5.91. The number of unbranched alkanes of at least 4 members (excludes halogenated alkanes) is 9. The zero-order valence-corrected chi connectivity index (χ0v) is 12.7. The van der Waals surface area contributed by atoms with Crippen molar-refractivity contribution in [2.45, 2.75) is 78.1 Å². The predicted octanol–water partition coefficient (Wildman–Crippen LogP) is 4.93. The largest absolute Gasteiger partial charge is 0.0654 e. The zero-order valence-electron chi connectivity index (χ0n) is 9.57. The summed E-state index contributed by atoms with van der Waals surface area (Å²) in [5.74, 6) is 0. The molecule has 0 aliphatic heterocycles. The van der Waals surface area contributed by atoms with Gasteiger partial charge in [-0.1, -0.05) is 78.1 Å². The van der Waals surface area contributed by atoms with Crippen molar-refractivity contribution in [1.29, 1.82) is 0 Å². The van der Waals surface area contributed by atoms with Gasteiger partial charge in [0.25, 0.3) is 0 Å². The Hall–Kier alpha value is 1.38. The maximum Gasteiger partial charge on any atom is 0 e. The van der Waals surface area contributed by atoms with Gasteiger partial charge in [0, 0.05) is 41.7 Å². The Labute approximate surface area is 119 Å². The molecule has 0 aliphatic carbocycles. The molecule has 0 nitrogen and oxygen atoms in total. The Kier molecular flexibility index (Phi) is 20.5. The first kappa shape index (κ1) is 16.8. The van der Waals surface area contributed by atoms with Crippen LogP contribution in [0.15, 0.2) is 0 Å². The summed E-state index contributed by atoms with van der Waals surface area (Å²) in [6.07, 6.45) is 14.4. The van der Waals surface area contributed by atoms with Crippen LogP contribution in [0.4, 0.5) is 0 Å². The van der Waals surface area contributed by atoms with Gasteiger partial charge in [0.05, 0.1) is 0 Å². The first-order chi connectivity index (χ1) is 5.91. The van der Waals surface area contributed by atoms with Gasteiger partial charge in [-0.2, -0.15) is 0 Å². The molecule has 0 radical (unpaired) electrons. The van der Waals surface area contributed by atoms with Crippen molar-refractivity contribution in [3.8, 4) is 0 Å². The van der Waals surface area contributed by atoms with Gasteiger partial charge in [-0.05, 0) is 0 Å². The van der Waals surface area contributed by atoms with Crippen molar-refractivity contribution >= 4 is 0 Å². The molecule has 0 heterocycles. The molecule has 78 valence electrons. The van der Waals surface area contributed by atoms with Gasteiger partial charge in [-0.25, -0.2) is 0 Å². The third-order valence-electron chi connectivity index (χ3n) is 2.46. The van der Waals surface area contributed by atoms with Crippen LogP contribution in [0.3, 0.4) is 0 Å². The van der Waals surface area contributed by atoms with E-state index in [9.17, 15) is 0 Å². The second-order valence-corrected chi connectivity index (χ2v) is 3.83. The summed E-state index contributed by atoms with van der Waals surface area (Å²) in [5, 5.41) is 0. The van der Waals surface area contributed by atoms with E-state index in [1.54, 1.807) is 0 Å². The fourth-order valence-corrected chi connectivity index (χ4v) is 1.56. The predicted molar refractivity (Wildman–Crippen MR) is 57.5 cm³/mol. The number of hydrogen-bond donors (Lipinski definition) is 0. The molecule has 0 aromatic rings. The summed E-state index contributed by atoms with van der Waals surface area (Å²) in [6, 6.07) is 0. The van der Waals surface area contributed by atoms with E-state index >= 15 is 0 Å². The Bertz CT molecular complexity index is 61.5. The average Bonchev–Trinajstić information content (AvgIpc) is 2.10. The fraction of sp³-hybridized carbons (Fsp3) is 1.00. The van der Waals surface area contributed by atoms with Gasteiger partial charge in [0.1, 0.15) is 0 Å². The van der Waals surface area contributed by atoms with E-state index in [-0.39, 0.29) is 41.7 Å². The first-order valence-corrected chi connectivity index (χ1v) is 5.91. The summed E-state index contributed by atoms with van der Waals surface area (Å²) in [5.41, 5.74) is 0. The van der Waals surface area contributed by atoms with Gasteiger partial charge in [-0.3, -0.25) is 0 Å². The zero-order chi connectivity index (χ0) is 9.07. The van der Waals surface area contributed by atoms with Crippen molar-refractivity contribution in [2.24, 2.45) is 0 Å². The molecule has 13 heavy (non-hydrogen) atoms. The second-order valence-electron chi connectivity index (χ2n) is 3.83. The van der Waals surface area contributed by atoms with E-state index < -0.39 is 0 Å². The molecule has 0 bridgehead atoms. The minimum absolute atomic E-state index is 0. The average molecular weight is 310 g/mol. The molecule has 0 aliphatic rings. The molecule has 0 fully saturated rings. The Morgan fingerprint density at radius 1 is 0.462 bits per heavy atom. The molecule has 0 aromatic carbocycles. The summed E-state index contributed by atoms with van der Waals surface area (Å²) in [7, 11) is 0. The molecule has 0 atom stereocenters. The van der Waals surface area contributed by atoms with Crippen LogP contribution in [0, 0.1) is 41.7 Å². The topological polar surface area (TPSA) is 0 Å². The summed E-state index contributed by atoms with van der Waals surface area (Å²) >= 11 is 0. The molecular weight excluding hydrogens is 284 g/mol. The van der Waals surface area contributed by atoms with Crippen molar-refractivity contribution in [2.75, 3.05) is 0 Å². The normalized spacial score (nSPS) is 9.69. The van der Waals surface area contributed by atoms with Gasteiger partial charge < -0.3 is 0 Å². The molecule has 1 heteroatoms. The fourth-order valence-electron chi connectivity index (χ4n) is 1.56. The molecular formula is C12H26Ce. The van der Waals surface area contributed by atoms with E-state index in [0.717, 1.165) is 0 Å². The van der Waals surface area contributed by atoms with E-state index in [0.29, 0.717) is 0 Å². The minimum Gasteiger partial charge on any atom is -0.0654 e. The van der Waals surface area contributed by atoms with Crippen LogP contribution in [0.5, 0.6) is 0 Å². The third kappa shape index (κ3) is 16.1. The van der Waals surface area contributed by atoms with E-state index in [4.69, 9.17) is 0 Å². The Morgan fingerprint density at radius 3 is 0.923 bits per heavy atom. The third-order valence-corrected chi connectivity index (χ3v) is 2.46. The molecule has 0 aromatic heterocycles. The standard InChI is InChI=1S/C12H26.Ce/c1-3-5-7-9-11-12-10-8-6-4-2;/h3-12H2,1-2H3;. The van der Waals surface area contributed by atoms with Crippen LogP contribution in [0.1, 0.15) is 78.1 Å². The van der Waals surface area contributed by atoms with Crippen molar-refractivity contribution in [3.63, 3.8) is 0 Å². The summed E-state index contributed by atoms with van der Waals surface area (Å²) in [4.78, 5) is 0. The minimum atomic E-state index is 0. The van der Waals surface area contributed by atoms with Gasteiger partial charge >= 0.3 is 0 Å². The molecule has 0 unspecified atom stereocenters. The molecule has 0 saturated carbocycles. The van der Waals surface area contributed by atoms with Crippen LogP contribution in [0.2, 0.25) is 0 Å². The Balaban J connectivity index is 0. The number of rotatable bonds is 9. The van der Waals surface area contributed by atoms with Crippen molar-refractivity contribution < 1.29 is 41.7 Å². The molecule has 0 saturated heterocycles. The molecule has 0 spiro atoms. The van der Waals surface area contributed by atoms with Crippen LogP contribution in [-0.4, -0.2) is 0 Å². The van der Waals surface area contributed by atoms with Crippen LogP contribution >= 0.6 is 0 Å². The SMILES string of the molecule is CCCCCCCCCCCC.[Ce]. The second kappa shape index (κ2) is 15.8. The molecule has 0 amide bonds. The maximum atomic E-state index is 2.28. The summed E-state index contributed by atoms with van der Waals surface area (Å²) in [6.45, 7) is 4.56. The van der Waals surface area contributed by atoms with Crippen LogP contribution < -0.4 is 0 Å². The van der Waals surface area contributed by atoms with Crippen LogP contribution in [0.25, 0.3) is 0 Å². The van der Waals surface area contributed by atoms with Gasteiger partial charge in [0.15, 0.2) is 0 Å². The van der Waals surface area contributed by atoms with Gasteiger partial charge in [-0.15, -0.1) is 0 Å². The monoisotopic (exact) mass is 310 g/mol. The van der Waals surface area contributed by atoms with Crippen molar-refractivity contribution in [1.82, 2.24) is 0 Å². The quantitative estimate of drug-likeness (QED) is 0.530. The maximum absolute atomic E-state index is 2.28.